The van der Waals surface area contributed by atoms with Gasteiger partial charge >= 0.3 is 0 Å². The van der Waals surface area contributed by atoms with E-state index in [1.807, 2.05) is 0 Å². The molecule has 0 heterocycles. The van der Waals surface area contributed by atoms with Gasteiger partial charge in [0.25, 0.3) is 0 Å². The molecule has 1 fully saturated rings. The number of aliphatic hydroxyl groups excluding tert-OH is 1. The normalized spacial score (nSPS) is 25.8. The fourth-order valence-corrected chi connectivity index (χ4v) is 1.55. The SMILES string of the molecule is C=C/C=C(O)\C=C(/C)N.NC1CCC(N)CC1. The first-order chi connectivity index (χ1) is 7.95. The van der Waals surface area contributed by atoms with Crippen LogP contribution in [0.1, 0.15) is 32.6 Å². The molecule has 1 aliphatic rings. The summed E-state index contributed by atoms with van der Waals surface area (Å²) in [6.07, 6.45) is 8.93. The van der Waals surface area contributed by atoms with E-state index >= 15 is 0 Å². The highest BCUT2D eigenvalue weighted by Gasteiger charge is 2.13. The Kier molecular flexibility index (Phi) is 8.19. The Hall–Kier alpha value is -1.26. The summed E-state index contributed by atoms with van der Waals surface area (Å²) in [7, 11) is 0. The second-order valence-corrected chi connectivity index (χ2v) is 4.39. The molecule has 1 saturated carbocycles. The molecule has 0 bridgehead atoms. The average Bonchev–Trinajstić information content (AvgIpc) is 2.22. The molecule has 0 atom stereocenters. The maximum absolute atomic E-state index is 8.85. The number of allylic oxidation sites excluding steroid dienone is 4. The summed E-state index contributed by atoms with van der Waals surface area (Å²) in [5.41, 5.74) is 17.1. The summed E-state index contributed by atoms with van der Waals surface area (Å²) >= 11 is 0. The van der Waals surface area contributed by atoms with E-state index < -0.39 is 0 Å². The molecule has 0 saturated heterocycles. The molecule has 0 aromatic rings. The van der Waals surface area contributed by atoms with Gasteiger partial charge in [0.2, 0.25) is 0 Å². The van der Waals surface area contributed by atoms with E-state index in [4.69, 9.17) is 22.3 Å². The van der Waals surface area contributed by atoms with Crippen LogP contribution in [0, 0.1) is 0 Å². The zero-order chi connectivity index (χ0) is 13.3. The van der Waals surface area contributed by atoms with Crippen molar-refractivity contribution in [2.24, 2.45) is 17.2 Å². The van der Waals surface area contributed by atoms with Crippen LogP contribution in [0.3, 0.4) is 0 Å². The minimum Gasteiger partial charge on any atom is -0.508 e. The zero-order valence-corrected chi connectivity index (χ0v) is 10.6. The molecule has 4 nitrogen and oxygen atoms in total. The van der Waals surface area contributed by atoms with Gasteiger partial charge in [-0.15, -0.1) is 0 Å². The molecule has 7 N–H and O–H groups in total. The lowest BCUT2D eigenvalue weighted by molar-refractivity contribution is 0.395. The highest BCUT2D eigenvalue weighted by atomic mass is 16.3. The lowest BCUT2D eigenvalue weighted by Gasteiger charge is -2.22. The fourth-order valence-electron chi connectivity index (χ4n) is 1.55. The van der Waals surface area contributed by atoms with Crippen LogP contribution < -0.4 is 17.2 Å². The third kappa shape index (κ3) is 9.66. The van der Waals surface area contributed by atoms with Crippen LogP contribution in [-0.2, 0) is 0 Å². The Balaban J connectivity index is 0.000000302. The van der Waals surface area contributed by atoms with Crippen molar-refractivity contribution in [2.45, 2.75) is 44.7 Å². The summed E-state index contributed by atoms with van der Waals surface area (Å²) in [4.78, 5) is 0. The standard InChI is InChI=1S/C7H11NO.C6H14N2/c1-3-4-7(9)5-6(2)8;7-5-1-2-6(8)4-3-5/h3-5,9H,1,8H2,2H3;5-6H,1-4,7-8H2/b6-5+,7-4+;. The van der Waals surface area contributed by atoms with Gasteiger partial charge in [-0.2, -0.15) is 0 Å². The van der Waals surface area contributed by atoms with Crippen molar-refractivity contribution in [3.05, 3.63) is 36.3 Å². The zero-order valence-electron chi connectivity index (χ0n) is 10.6. The lowest BCUT2D eigenvalue weighted by atomic mass is 9.93. The van der Waals surface area contributed by atoms with Crippen molar-refractivity contribution in [1.29, 1.82) is 0 Å². The van der Waals surface area contributed by atoms with Gasteiger partial charge in [-0.05, 0) is 44.8 Å². The largest absolute Gasteiger partial charge is 0.508 e. The van der Waals surface area contributed by atoms with E-state index in [1.54, 1.807) is 6.92 Å². The van der Waals surface area contributed by atoms with Crippen LogP contribution in [0.4, 0.5) is 0 Å². The predicted molar refractivity (Wildman–Crippen MR) is 73.3 cm³/mol. The van der Waals surface area contributed by atoms with Gasteiger partial charge < -0.3 is 22.3 Å². The second-order valence-electron chi connectivity index (χ2n) is 4.39. The molecule has 0 radical (unpaired) electrons. The smallest absolute Gasteiger partial charge is 0.117 e. The molecule has 0 unspecified atom stereocenters. The van der Waals surface area contributed by atoms with Crippen LogP contribution in [0.15, 0.2) is 36.3 Å². The Morgan fingerprint density at radius 2 is 1.59 bits per heavy atom. The maximum atomic E-state index is 8.85. The van der Waals surface area contributed by atoms with Gasteiger partial charge in [-0.3, -0.25) is 0 Å². The summed E-state index contributed by atoms with van der Waals surface area (Å²) in [5, 5.41) is 8.85. The molecule has 0 aromatic carbocycles. The number of aliphatic hydroxyl groups is 1. The summed E-state index contributed by atoms with van der Waals surface area (Å²) in [5.74, 6) is 0.130. The van der Waals surface area contributed by atoms with Crippen molar-refractivity contribution in [2.75, 3.05) is 0 Å². The first-order valence-corrected chi connectivity index (χ1v) is 5.92. The highest BCUT2D eigenvalue weighted by molar-refractivity contribution is 5.18. The van der Waals surface area contributed by atoms with Crippen LogP contribution in [0.2, 0.25) is 0 Å². The summed E-state index contributed by atoms with van der Waals surface area (Å²) < 4.78 is 0. The molecule has 1 aliphatic carbocycles. The lowest BCUT2D eigenvalue weighted by Crippen LogP contribution is -2.33. The van der Waals surface area contributed by atoms with E-state index in [2.05, 4.69) is 6.58 Å². The third-order valence-electron chi connectivity index (χ3n) is 2.48. The molecule has 98 valence electrons. The number of hydrogen-bond donors (Lipinski definition) is 4. The molecule has 17 heavy (non-hydrogen) atoms. The summed E-state index contributed by atoms with van der Waals surface area (Å²) in [6, 6.07) is 0.879. The van der Waals surface area contributed by atoms with E-state index in [1.165, 1.54) is 18.2 Å². The first-order valence-electron chi connectivity index (χ1n) is 5.92. The topological polar surface area (TPSA) is 98.3 Å². The van der Waals surface area contributed by atoms with Crippen molar-refractivity contribution in [3.8, 4) is 0 Å². The minimum atomic E-state index is 0.130. The third-order valence-corrected chi connectivity index (χ3v) is 2.48. The quantitative estimate of drug-likeness (QED) is 0.435. The number of nitrogens with two attached hydrogens (primary N) is 3. The Morgan fingerprint density at radius 3 is 1.88 bits per heavy atom. The molecule has 0 aromatic heterocycles. The van der Waals surface area contributed by atoms with Gasteiger partial charge in [0.05, 0.1) is 0 Å². The monoisotopic (exact) mass is 239 g/mol. The second kappa shape index (κ2) is 8.84. The van der Waals surface area contributed by atoms with Gasteiger partial charge in [-0.25, -0.2) is 0 Å². The minimum absolute atomic E-state index is 0.130. The molecular formula is C13H25N3O. The van der Waals surface area contributed by atoms with Crippen LogP contribution >= 0.6 is 0 Å². The molecular weight excluding hydrogens is 214 g/mol. The number of hydrogen-bond acceptors (Lipinski definition) is 4. The Bertz CT molecular complexity index is 262. The Labute approximate surface area is 104 Å². The summed E-state index contributed by atoms with van der Waals surface area (Å²) in [6.45, 7) is 5.10. The van der Waals surface area contributed by atoms with E-state index in [0.29, 0.717) is 17.8 Å². The molecule has 0 amide bonds. The van der Waals surface area contributed by atoms with Crippen molar-refractivity contribution >= 4 is 0 Å². The van der Waals surface area contributed by atoms with E-state index in [9.17, 15) is 0 Å². The van der Waals surface area contributed by atoms with E-state index in [0.717, 1.165) is 25.7 Å². The van der Waals surface area contributed by atoms with Crippen molar-refractivity contribution < 1.29 is 5.11 Å². The van der Waals surface area contributed by atoms with Crippen LogP contribution in [0.25, 0.3) is 0 Å². The van der Waals surface area contributed by atoms with Gasteiger partial charge in [-0.1, -0.05) is 12.7 Å². The molecule has 1 rings (SSSR count). The predicted octanol–water partition coefficient (Wildman–Crippen LogP) is 1.69. The average molecular weight is 239 g/mol. The van der Waals surface area contributed by atoms with E-state index in [-0.39, 0.29) is 5.76 Å². The highest BCUT2D eigenvalue weighted by Crippen LogP contribution is 2.14. The molecule has 0 aliphatic heterocycles. The van der Waals surface area contributed by atoms with Crippen LogP contribution in [0.5, 0.6) is 0 Å². The van der Waals surface area contributed by atoms with Crippen LogP contribution in [-0.4, -0.2) is 17.2 Å². The fraction of sp³-hybridized carbons (Fsp3) is 0.538. The maximum Gasteiger partial charge on any atom is 0.117 e. The van der Waals surface area contributed by atoms with Gasteiger partial charge in [0, 0.05) is 17.8 Å². The molecule has 4 heteroatoms. The van der Waals surface area contributed by atoms with Gasteiger partial charge in [0.15, 0.2) is 0 Å². The molecule has 0 spiro atoms. The van der Waals surface area contributed by atoms with Crippen molar-refractivity contribution in [1.82, 2.24) is 0 Å². The van der Waals surface area contributed by atoms with Gasteiger partial charge in [0.1, 0.15) is 5.76 Å². The Morgan fingerprint density at radius 1 is 1.18 bits per heavy atom. The van der Waals surface area contributed by atoms with Crippen molar-refractivity contribution in [3.63, 3.8) is 0 Å². The first kappa shape index (κ1) is 15.7. The number of rotatable bonds is 2.